The Labute approximate surface area is 129 Å². The molecule has 3 N–H and O–H groups in total. The van der Waals surface area contributed by atoms with Crippen LogP contribution in [-0.2, 0) is 6.54 Å². The minimum absolute atomic E-state index is 0.233. The zero-order valence-corrected chi connectivity index (χ0v) is 12.7. The van der Waals surface area contributed by atoms with Crippen LogP contribution in [0.15, 0.2) is 53.1 Å². The number of phenols is 1. The number of nitrogens with one attached hydrogen (secondary N) is 1. The highest BCUT2D eigenvalue weighted by molar-refractivity contribution is 5.87. The van der Waals surface area contributed by atoms with Crippen LogP contribution in [0.2, 0.25) is 0 Å². The molecule has 0 amide bonds. The quantitative estimate of drug-likeness (QED) is 0.689. The van der Waals surface area contributed by atoms with Gasteiger partial charge < -0.3 is 19.5 Å². The third kappa shape index (κ3) is 2.58. The lowest BCUT2D eigenvalue weighted by molar-refractivity contribution is -0.872. The number of aliphatic hydroxyl groups is 1. The van der Waals surface area contributed by atoms with Crippen molar-refractivity contribution < 1.29 is 19.5 Å². The van der Waals surface area contributed by atoms with E-state index in [0.29, 0.717) is 17.7 Å². The van der Waals surface area contributed by atoms with Crippen LogP contribution in [0.1, 0.15) is 22.8 Å². The number of benzene rings is 2. The van der Waals surface area contributed by atoms with Crippen LogP contribution in [0, 0.1) is 0 Å². The maximum Gasteiger partial charge on any atom is 0.135 e. The summed E-state index contributed by atoms with van der Waals surface area (Å²) in [6, 6.07) is 12.8. The maximum absolute atomic E-state index is 10.7. The van der Waals surface area contributed by atoms with Gasteiger partial charge in [-0.05, 0) is 17.7 Å². The highest BCUT2D eigenvalue weighted by Crippen LogP contribution is 2.36. The monoisotopic (exact) mass is 298 g/mol. The summed E-state index contributed by atoms with van der Waals surface area (Å²) in [5, 5.41) is 21.7. The van der Waals surface area contributed by atoms with Gasteiger partial charge in [0.15, 0.2) is 0 Å². The Hall–Kier alpha value is -2.30. The van der Waals surface area contributed by atoms with Gasteiger partial charge in [0.1, 0.15) is 24.0 Å². The SMILES string of the molecule is C[NH+](C)Cc1c(O)ccc2occ([C@@H](O)c3ccccc3)c12. The molecular formula is C18H20NO3+. The molecular weight excluding hydrogens is 278 g/mol. The number of furan rings is 1. The number of phenolic OH excluding ortho intramolecular Hbond substituents is 1. The molecule has 0 saturated carbocycles. The van der Waals surface area contributed by atoms with Crippen molar-refractivity contribution in [3.05, 3.63) is 65.4 Å². The van der Waals surface area contributed by atoms with Crippen LogP contribution in [0.3, 0.4) is 0 Å². The molecule has 0 aliphatic rings. The number of hydrogen-bond donors (Lipinski definition) is 3. The Balaban J connectivity index is 2.16. The van der Waals surface area contributed by atoms with Crippen LogP contribution < -0.4 is 4.90 Å². The van der Waals surface area contributed by atoms with Crippen molar-refractivity contribution >= 4 is 11.0 Å². The molecule has 0 aliphatic carbocycles. The lowest BCUT2D eigenvalue weighted by atomic mass is 9.97. The first kappa shape index (κ1) is 14.6. The third-order valence-corrected chi connectivity index (χ3v) is 3.79. The summed E-state index contributed by atoms with van der Waals surface area (Å²) in [5.74, 6) is 0.233. The van der Waals surface area contributed by atoms with Crippen LogP contribution in [0.25, 0.3) is 11.0 Å². The van der Waals surface area contributed by atoms with Gasteiger partial charge in [-0.15, -0.1) is 0 Å². The van der Waals surface area contributed by atoms with Crippen molar-refractivity contribution in [3.63, 3.8) is 0 Å². The predicted molar refractivity (Wildman–Crippen MR) is 84.9 cm³/mol. The van der Waals surface area contributed by atoms with E-state index < -0.39 is 6.10 Å². The molecule has 1 aromatic heterocycles. The molecule has 0 spiro atoms. The van der Waals surface area contributed by atoms with Gasteiger partial charge in [-0.25, -0.2) is 0 Å². The van der Waals surface area contributed by atoms with Crippen molar-refractivity contribution in [2.45, 2.75) is 12.6 Å². The Morgan fingerprint density at radius 2 is 1.82 bits per heavy atom. The van der Waals surface area contributed by atoms with E-state index in [4.69, 9.17) is 4.42 Å². The van der Waals surface area contributed by atoms with E-state index in [9.17, 15) is 10.2 Å². The van der Waals surface area contributed by atoms with Gasteiger partial charge in [-0.2, -0.15) is 0 Å². The molecule has 3 rings (SSSR count). The summed E-state index contributed by atoms with van der Waals surface area (Å²) in [4.78, 5) is 1.18. The highest BCUT2D eigenvalue weighted by atomic mass is 16.3. The van der Waals surface area contributed by atoms with Crippen molar-refractivity contribution in [1.82, 2.24) is 0 Å². The molecule has 0 radical (unpaired) electrons. The molecule has 114 valence electrons. The summed E-state index contributed by atoms with van der Waals surface area (Å²) in [7, 11) is 4.04. The zero-order chi connectivity index (χ0) is 15.7. The van der Waals surface area contributed by atoms with E-state index in [0.717, 1.165) is 16.5 Å². The van der Waals surface area contributed by atoms with E-state index in [2.05, 4.69) is 0 Å². The van der Waals surface area contributed by atoms with Crippen LogP contribution in [-0.4, -0.2) is 24.3 Å². The van der Waals surface area contributed by atoms with Gasteiger partial charge in [0.2, 0.25) is 0 Å². The molecule has 0 fully saturated rings. The maximum atomic E-state index is 10.7. The number of hydrogen-bond acceptors (Lipinski definition) is 3. The number of fused-ring (bicyclic) bond motifs is 1. The predicted octanol–water partition coefficient (Wildman–Crippen LogP) is 1.86. The number of aromatic hydroxyl groups is 1. The van der Waals surface area contributed by atoms with Crippen molar-refractivity contribution in [1.29, 1.82) is 0 Å². The topological polar surface area (TPSA) is 58.0 Å². The third-order valence-electron chi connectivity index (χ3n) is 3.79. The first-order chi connectivity index (χ1) is 10.6. The largest absolute Gasteiger partial charge is 0.507 e. The van der Waals surface area contributed by atoms with Gasteiger partial charge in [-0.1, -0.05) is 30.3 Å². The Bertz CT molecular complexity index is 778. The molecule has 3 aromatic rings. The van der Waals surface area contributed by atoms with Crippen LogP contribution in [0.5, 0.6) is 5.75 Å². The first-order valence-electron chi connectivity index (χ1n) is 7.32. The van der Waals surface area contributed by atoms with Gasteiger partial charge in [0, 0.05) is 10.9 Å². The first-order valence-corrected chi connectivity index (χ1v) is 7.32. The highest BCUT2D eigenvalue weighted by Gasteiger charge is 2.21. The van der Waals surface area contributed by atoms with Gasteiger partial charge in [0.25, 0.3) is 0 Å². The molecule has 1 heterocycles. The lowest BCUT2D eigenvalue weighted by Gasteiger charge is -2.14. The summed E-state index contributed by atoms with van der Waals surface area (Å²) in [6.07, 6.45) is 0.802. The van der Waals surface area contributed by atoms with Gasteiger partial charge in [-0.3, -0.25) is 0 Å². The molecule has 1 atom stereocenters. The molecule has 4 heteroatoms. The fraction of sp³-hybridized carbons (Fsp3) is 0.222. The summed E-state index contributed by atoms with van der Waals surface area (Å²) in [6.45, 7) is 0.650. The average Bonchev–Trinajstić information content (AvgIpc) is 2.94. The fourth-order valence-electron chi connectivity index (χ4n) is 2.76. The van der Waals surface area contributed by atoms with Crippen LogP contribution in [0.4, 0.5) is 0 Å². The minimum atomic E-state index is -0.778. The second kappa shape index (κ2) is 5.83. The molecule has 0 unspecified atom stereocenters. The standard InChI is InChI=1S/C18H19NO3/c1-19(2)10-13-15(20)8-9-16-17(13)14(11-22-16)18(21)12-6-4-3-5-7-12/h3-9,11,18,20-21H,10H2,1-2H3/p+1/t18-/m0/s1. The number of aliphatic hydroxyl groups excluding tert-OH is 1. The van der Waals surface area contributed by atoms with E-state index >= 15 is 0 Å². The second-order valence-corrected chi connectivity index (χ2v) is 5.82. The second-order valence-electron chi connectivity index (χ2n) is 5.82. The minimum Gasteiger partial charge on any atom is -0.507 e. The van der Waals surface area contributed by atoms with Crippen LogP contribution >= 0.6 is 0 Å². The molecule has 22 heavy (non-hydrogen) atoms. The zero-order valence-electron chi connectivity index (χ0n) is 12.7. The number of quaternary nitrogens is 1. The molecule has 4 nitrogen and oxygen atoms in total. The van der Waals surface area contributed by atoms with Gasteiger partial charge in [0.05, 0.1) is 25.9 Å². The normalized spacial score (nSPS) is 12.9. The molecule has 0 saturated heterocycles. The Morgan fingerprint density at radius 1 is 1.09 bits per heavy atom. The molecule has 0 aliphatic heterocycles. The Kier molecular flexibility index (Phi) is 3.88. The van der Waals surface area contributed by atoms with Crippen molar-refractivity contribution in [2.24, 2.45) is 0 Å². The summed E-state index contributed by atoms with van der Waals surface area (Å²) in [5.41, 5.74) is 2.97. The van der Waals surface area contributed by atoms with Crippen molar-refractivity contribution in [2.75, 3.05) is 14.1 Å². The Morgan fingerprint density at radius 3 is 2.50 bits per heavy atom. The smallest absolute Gasteiger partial charge is 0.135 e. The number of rotatable bonds is 4. The molecule has 0 bridgehead atoms. The molecule has 2 aromatic carbocycles. The summed E-state index contributed by atoms with van der Waals surface area (Å²) >= 11 is 0. The average molecular weight is 298 g/mol. The summed E-state index contributed by atoms with van der Waals surface area (Å²) < 4.78 is 5.59. The fourth-order valence-corrected chi connectivity index (χ4v) is 2.76. The van der Waals surface area contributed by atoms with E-state index in [1.807, 2.05) is 44.4 Å². The lowest BCUT2D eigenvalue weighted by Crippen LogP contribution is -3.04. The van der Waals surface area contributed by atoms with Crippen molar-refractivity contribution in [3.8, 4) is 5.75 Å². The van der Waals surface area contributed by atoms with E-state index in [-0.39, 0.29) is 5.75 Å². The van der Waals surface area contributed by atoms with E-state index in [1.165, 1.54) is 4.90 Å². The van der Waals surface area contributed by atoms with E-state index in [1.54, 1.807) is 18.4 Å². The van der Waals surface area contributed by atoms with Gasteiger partial charge >= 0.3 is 0 Å².